The number of hydrogen-bond donors (Lipinski definition) is 2. The number of phenols is 1. The predicted octanol–water partition coefficient (Wildman–Crippen LogP) is 3.08. The van der Waals surface area contributed by atoms with Crippen LogP contribution in [-0.4, -0.2) is 31.5 Å². The Balaban J connectivity index is 1.61. The van der Waals surface area contributed by atoms with Gasteiger partial charge in [-0.1, -0.05) is 42.1 Å². The van der Waals surface area contributed by atoms with Crippen molar-refractivity contribution in [1.29, 1.82) is 0 Å². The lowest BCUT2D eigenvalue weighted by molar-refractivity contribution is -0.118. The van der Waals surface area contributed by atoms with Gasteiger partial charge in [-0.2, -0.15) is 0 Å². The maximum absolute atomic E-state index is 12.1. The molecule has 26 heavy (non-hydrogen) atoms. The van der Waals surface area contributed by atoms with Crippen molar-refractivity contribution in [1.82, 2.24) is 20.1 Å². The highest BCUT2D eigenvalue weighted by Crippen LogP contribution is 2.25. The summed E-state index contributed by atoms with van der Waals surface area (Å²) in [5.41, 5.74) is 1.94. The number of aromatic hydroxyl groups is 1. The Morgan fingerprint density at radius 2 is 1.85 bits per heavy atom. The lowest BCUT2D eigenvalue weighted by Gasteiger charge is -2.08. The van der Waals surface area contributed by atoms with E-state index in [0.717, 1.165) is 17.0 Å². The molecular formula is C19H20N4O2S. The number of phenolic OH excluding ortho intramolecular Hbond substituents is 1. The molecule has 6 nitrogen and oxygen atoms in total. The zero-order valence-electron chi connectivity index (χ0n) is 14.4. The molecule has 0 unspecified atom stereocenters. The van der Waals surface area contributed by atoms with Crippen molar-refractivity contribution in [2.75, 3.05) is 5.75 Å². The maximum atomic E-state index is 12.1. The smallest absolute Gasteiger partial charge is 0.230 e. The second-order valence-corrected chi connectivity index (χ2v) is 6.59. The molecule has 0 saturated heterocycles. The number of amides is 1. The molecule has 3 rings (SSSR count). The normalized spacial score (nSPS) is 10.7. The molecule has 0 aliphatic rings. The van der Waals surface area contributed by atoms with E-state index in [2.05, 4.69) is 15.5 Å². The van der Waals surface area contributed by atoms with Gasteiger partial charge in [0.1, 0.15) is 5.75 Å². The highest BCUT2D eigenvalue weighted by atomic mass is 32.2. The van der Waals surface area contributed by atoms with Crippen LogP contribution in [0.4, 0.5) is 0 Å². The Hall–Kier alpha value is -2.80. The molecule has 0 radical (unpaired) electrons. The summed E-state index contributed by atoms with van der Waals surface area (Å²) < 4.78 is 1.96. The number of rotatable bonds is 7. The van der Waals surface area contributed by atoms with Crippen molar-refractivity contribution in [3.63, 3.8) is 0 Å². The third kappa shape index (κ3) is 4.43. The highest BCUT2D eigenvalue weighted by molar-refractivity contribution is 7.99. The summed E-state index contributed by atoms with van der Waals surface area (Å²) in [6.45, 7) is 3.21. The van der Waals surface area contributed by atoms with Crippen LogP contribution in [0, 0.1) is 0 Å². The van der Waals surface area contributed by atoms with Crippen LogP contribution >= 0.6 is 11.8 Å². The Kier molecular flexibility index (Phi) is 5.91. The van der Waals surface area contributed by atoms with E-state index in [1.807, 2.05) is 41.8 Å². The summed E-state index contributed by atoms with van der Waals surface area (Å²) in [5.74, 6) is 1.16. The summed E-state index contributed by atoms with van der Waals surface area (Å²) in [5, 5.41) is 21.5. The minimum absolute atomic E-state index is 0.0457. The molecule has 3 aromatic rings. The fourth-order valence-corrected chi connectivity index (χ4v) is 3.31. The maximum Gasteiger partial charge on any atom is 0.230 e. The van der Waals surface area contributed by atoms with E-state index < -0.39 is 0 Å². The van der Waals surface area contributed by atoms with Crippen LogP contribution in [0.1, 0.15) is 12.5 Å². The monoisotopic (exact) mass is 368 g/mol. The summed E-state index contributed by atoms with van der Waals surface area (Å²) in [6, 6.07) is 16.6. The van der Waals surface area contributed by atoms with Gasteiger partial charge in [0.25, 0.3) is 0 Å². The van der Waals surface area contributed by atoms with Crippen LogP contribution in [0.5, 0.6) is 5.75 Å². The third-order valence-corrected chi connectivity index (χ3v) is 4.79. The summed E-state index contributed by atoms with van der Waals surface area (Å²) in [7, 11) is 0. The first-order chi connectivity index (χ1) is 12.7. The van der Waals surface area contributed by atoms with Gasteiger partial charge in [0, 0.05) is 18.7 Å². The van der Waals surface area contributed by atoms with Gasteiger partial charge >= 0.3 is 0 Å². The van der Waals surface area contributed by atoms with E-state index in [9.17, 15) is 9.90 Å². The van der Waals surface area contributed by atoms with E-state index >= 15 is 0 Å². The van der Waals surface area contributed by atoms with Crippen LogP contribution in [0.25, 0.3) is 11.4 Å². The second kappa shape index (κ2) is 8.53. The number of hydrogen-bond acceptors (Lipinski definition) is 5. The molecule has 0 atom stereocenters. The molecule has 0 saturated carbocycles. The molecule has 0 bridgehead atoms. The quantitative estimate of drug-likeness (QED) is 0.627. The Morgan fingerprint density at radius 3 is 2.54 bits per heavy atom. The van der Waals surface area contributed by atoms with E-state index in [0.29, 0.717) is 18.2 Å². The Morgan fingerprint density at radius 1 is 1.12 bits per heavy atom. The fourth-order valence-electron chi connectivity index (χ4n) is 2.48. The van der Waals surface area contributed by atoms with E-state index in [1.165, 1.54) is 11.8 Å². The summed E-state index contributed by atoms with van der Waals surface area (Å²) in [4.78, 5) is 12.1. The predicted molar refractivity (Wildman–Crippen MR) is 102 cm³/mol. The molecule has 0 fully saturated rings. The lowest BCUT2D eigenvalue weighted by Crippen LogP contribution is -2.24. The van der Waals surface area contributed by atoms with Crippen molar-refractivity contribution in [3.05, 3.63) is 60.2 Å². The van der Waals surface area contributed by atoms with Gasteiger partial charge < -0.3 is 15.0 Å². The van der Waals surface area contributed by atoms with Crippen molar-refractivity contribution in [3.8, 4) is 17.1 Å². The van der Waals surface area contributed by atoms with Crippen LogP contribution in [0.3, 0.4) is 0 Å². The van der Waals surface area contributed by atoms with Gasteiger partial charge in [-0.3, -0.25) is 4.79 Å². The molecule has 7 heteroatoms. The third-order valence-electron chi connectivity index (χ3n) is 3.82. The molecule has 1 heterocycles. The molecule has 134 valence electrons. The van der Waals surface area contributed by atoms with Gasteiger partial charge in [0.15, 0.2) is 11.0 Å². The average molecular weight is 368 g/mol. The van der Waals surface area contributed by atoms with Crippen molar-refractivity contribution in [2.45, 2.75) is 25.2 Å². The van der Waals surface area contributed by atoms with Crippen LogP contribution < -0.4 is 5.32 Å². The molecule has 0 spiro atoms. The van der Waals surface area contributed by atoms with Crippen LogP contribution in [0.2, 0.25) is 0 Å². The van der Waals surface area contributed by atoms with E-state index in [1.54, 1.807) is 24.3 Å². The van der Waals surface area contributed by atoms with Gasteiger partial charge in [0.2, 0.25) is 5.91 Å². The zero-order chi connectivity index (χ0) is 18.4. The number of nitrogens with zero attached hydrogens (tertiary/aromatic N) is 3. The van der Waals surface area contributed by atoms with E-state index in [4.69, 9.17) is 0 Å². The molecule has 1 amide bonds. The topological polar surface area (TPSA) is 80.0 Å². The first-order valence-corrected chi connectivity index (χ1v) is 9.32. The number of aromatic nitrogens is 3. The number of nitrogens with one attached hydrogen (secondary N) is 1. The number of carbonyl (C=O) groups is 1. The van der Waals surface area contributed by atoms with Crippen LogP contribution in [0.15, 0.2) is 59.8 Å². The molecule has 2 N–H and O–H groups in total. The molecule has 1 aromatic heterocycles. The van der Waals surface area contributed by atoms with Gasteiger partial charge in [-0.15, -0.1) is 10.2 Å². The number of thioether (sulfide) groups is 1. The van der Waals surface area contributed by atoms with Crippen molar-refractivity contribution < 1.29 is 9.90 Å². The van der Waals surface area contributed by atoms with Crippen LogP contribution in [-0.2, 0) is 17.9 Å². The molecule has 2 aromatic carbocycles. The first kappa shape index (κ1) is 18.0. The Labute approximate surface area is 156 Å². The zero-order valence-corrected chi connectivity index (χ0v) is 15.2. The minimum atomic E-state index is -0.0457. The van der Waals surface area contributed by atoms with Gasteiger partial charge in [0.05, 0.1) is 5.75 Å². The first-order valence-electron chi connectivity index (χ1n) is 8.33. The standard InChI is InChI=1S/C19H20N4O2S/c1-2-23-18(15-8-10-16(24)11-9-15)21-22-19(23)26-13-17(25)20-12-14-6-4-3-5-7-14/h3-11,24H,2,12-13H2,1H3,(H,20,25). The van der Waals surface area contributed by atoms with Crippen molar-refractivity contribution in [2.24, 2.45) is 0 Å². The SMILES string of the molecule is CCn1c(SCC(=O)NCc2ccccc2)nnc1-c1ccc(O)cc1. The largest absolute Gasteiger partial charge is 0.508 e. The second-order valence-electron chi connectivity index (χ2n) is 5.65. The van der Waals surface area contributed by atoms with Gasteiger partial charge in [-0.25, -0.2) is 0 Å². The number of carbonyl (C=O) groups excluding carboxylic acids is 1. The van der Waals surface area contributed by atoms with Crippen molar-refractivity contribution >= 4 is 17.7 Å². The number of benzene rings is 2. The van der Waals surface area contributed by atoms with Gasteiger partial charge in [-0.05, 0) is 36.8 Å². The minimum Gasteiger partial charge on any atom is -0.508 e. The molecular weight excluding hydrogens is 348 g/mol. The average Bonchev–Trinajstić information content (AvgIpc) is 3.09. The molecule has 0 aliphatic carbocycles. The Bertz CT molecular complexity index is 863. The highest BCUT2D eigenvalue weighted by Gasteiger charge is 2.14. The summed E-state index contributed by atoms with van der Waals surface area (Å²) >= 11 is 1.36. The van der Waals surface area contributed by atoms with E-state index in [-0.39, 0.29) is 17.4 Å². The fraction of sp³-hybridized carbons (Fsp3) is 0.211. The lowest BCUT2D eigenvalue weighted by atomic mass is 10.2. The molecule has 0 aliphatic heterocycles. The summed E-state index contributed by atoms with van der Waals surface area (Å²) in [6.07, 6.45) is 0.